The first kappa shape index (κ1) is 12.0. The number of aryl methyl sites for hydroxylation is 1. The van der Waals surface area contributed by atoms with E-state index in [0.717, 1.165) is 36.2 Å². The number of rotatable bonds is 3. The average Bonchev–Trinajstić information content (AvgIpc) is 2.98. The summed E-state index contributed by atoms with van der Waals surface area (Å²) in [5, 5.41) is 13.2. The van der Waals surface area contributed by atoms with Crippen molar-refractivity contribution in [1.82, 2.24) is 9.88 Å². The Hall–Kier alpha value is -2.01. The van der Waals surface area contributed by atoms with E-state index in [1.54, 1.807) is 6.20 Å². The minimum Gasteiger partial charge on any atom is -0.489 e. The molecule has 19 heavy (non-hydrogen) atoms. The highest BCUT2D eigenvalue weighted by Crippen LogP contribution is 2.26. The molecule has 0 radical (unpaired) electrons. The molecular weight excluding hydrogens is 244 g/mol. The molecule has 1 aliphatic rings. The van der Waals surface area contributed by atoms with Crippen LogP contribution in [-0.2, 0) is 7.05 Å². The van der Waals surface area contributed by atoms with Crippen molar-refractivity contribution in [2.24, 2.45) is 7.05 Å². The molecule has 5 heteroatoms. The zero-order valence-corrected chi connectivity index (χ0v) is 10.7. The summed E-state index contributed by atoms with van der Waals surface area (Å²) in [6.07, 6.45) is 2.79. The molecule has 0 spiro atoms. The number of nitrogens with one attached hydrogen (secondary N) is 1. The van der Waals surface area contributed by atoms with Gasteiger partial charge in [-0.15, -0.1) is 0 Å². The van der Waals surface area contributed by atoms with Crippen LogP contribution in [0, 0.1) is 0 Å². The second-order valence-electron chi connectivity index (χ2n) is 4.87. The Bertz CT molecular complexity index is 627. The van der Waals surface area contributed by atoms with Crippen molar-refractivity contribution in [2.45, 2.75) is 12.5 Å². The number of hydrogen-bond acceptors (Lipinski definition) is 3. The molecule has 5 nitrogen and oxygen atoms in total. The summed E-state index contributed by atoms with van der Waals surface area (Å²) >= 11 is 0. The molecule has 0 saturated carbocycles. The molecule has 1 atom stereocenters. The zero-order valence-electron chi connectivity index (χ0n) is 10.7. The molecule has 1 fully saturated rings. The molecule has 1 unspecified atom stereocenters. The zero-order chi connectivity index (χ0) is 13.4. The largest absolute Gasteiger partial charge is 0.489 e. The predicted molar refractivity (Wildman–Crippen MR) is 71.8 cm³/mol. The van der Waals surface area contributed by atoms with E-state index >= 15 is 0 Å². The van der Waals surface area contributed by atoms with Gasteiger partial charge in [-0.05, 0) is 31.2 Å². The van der Waals surface area contributed by atoms with E-state index in [1.807, 2.05) is 29.8 Å². The number of carbonyl (C=O) groups is 1. The highest BCUT2D eigenvalue weighted by Gasteiger charge is 2.17. The highest BCUT2D eigenvalue weighted by molar-refractivity contribution is 6.03. The first-order chi connectivity index (χ1) is 9.15. The minimum atomic E-state index is -0.912. The Balaban J connectivity index is 1.98. The van der Waals surface area contributed by atoms with Crippen LogP contribution < -0.4 is 10.1 Å². The number of carboxylic acids is 1. The number of aromatic carboxylic acids is 1. The normalized spacial score (nSPS) is 18.9. The Morgan fingerprint density at radius 2 is 2.37 bits per heavy atom. The standard InChI is InChI=1S/C14H16N2O3/c1-16-8-12(14(17)18)11-6-9(2-3-13(11)16)19-10-4-5-15-7-10/h2-3,6,8,10,15H,4-5,7H2,1H3,(H,17,18). The molecule has 0 aliphatic carbocycles. The first-order valence-electron chi connectivity index (χ1n) is 6.35. The first-order valence-corrected chi connectivity index (χ1v) is 6.35. The van der Waals surface area contributed by atoms with Gasteiger partial charge >= 0.3 is 5.97 Å². The van der Waals surface area contributed by atoms with E-state index in [9.17, 15) is 9.90 Å². The summed E-state index contributed by atoms with van der Waals surface area (Å²) < 4.78 is 7.68. The lowest BCUT2D eigenvalue weighted by Gasteiger charge is -2.12. The van der Waals surface area contributed by atoms with E-state index in [-0.39, 0.29) is 6.10 Å². The molecule has 0 bridgehead atoms. The van der Waals surface area contributed by atoms with Gasteiger partial charge in [-0.2, -0.15) is 0 Å². The third kappa shape index (κ3) is 2.17. The molecule has 2 heterocycles. The van der Waals surface area contributed by atoms with Crippen LogP contribution in [-0.4, -0.2) is 34.8 Å². The predicted octanol–water partition coefficient (Wildman–Crippen LogP) is 1.62. The number of aromatic nitrogens is 1. The van der Waals surface area contributed by atoms with Crippen LogP contribution >= 0.6 is 0 Å². The van der Waals surface area contributed by atoms with E-state index in [2.05, 4.69) is 5.32 Å². The van der Waals surface area contributed by atoms with E-state index < -0.39 is 5.97 Å². The fourth-order valence-electron chi connectivity index (χ4n) is 2.54. The van der Waals surface area contributed by atoms with Crippen molar-refractivity contribution < 1.29 is 14.6 Å². The van der Waals surface area contributed by atoms with Gasteiger partial charge in [-0.3, -0.25) is 0 Å². The molecule has 3 rings (SSSR count). The van der Waals surface area contributed by atoms with Gasteiger partial charge in [0.05, 0.1) is 5.56 Å². The van der Waals surface area contributed by atoms with Gasteiger partial charge in [0.15, 0.2) is 0 Å². The molecular formula is C14H16N2O3. The van der Waals surface area contributed by atoms with Crippen molar-refractivity contribution in [3.63, 3.8) is 0 Å². The van der Waals surface area contributed by atoms with Crippen molar-refractivity contribution in [1.29, 1.82) is 0 Å². The van der Waals surface area contributed by atoms with E-state index in [0.29, 0.717) is 5.56 Å². The summed E-state index contributed by atoms with van der Waals surface area (Å²) in [5.74, 6) is -0.180. The number of benzene rings is 1. The highest BCUT2D eigenvalue weighted by atomic mass is 16.5. The van der Waals surface area contributed by atoms with Crippen LogP contribution in [0.2, 0.25) is 0 Å². The van der Waals surface area contributed by atoms with Gasteiger partial charge in [0.1, 0.15) is 11.9 Å². The molecule has 2 N–H and O–H groups in total. The Labute approximate surface area is 110 Å². The van der Waals surface area contributed by atoms with Crippen molar-refractivity contribution in [2.75, 3.05) is 13.1 Å². The molecule has 2 aromatic rings. The van der Waals surface area contributed by atoms with Crippen LogP contribution in [0.25, 0.3) is 10.9 Å². The number of nitrogens with zero attached hydrogens (tertiary/aromatic N) is 1. The number of ether oxygens (including phenoxy) is 1. The molecule has 100 valence electrons. The molecule has 1 saturated heterocycles. The van der Waals surface area contributed by atoms with Crippen molar-refractivity contribution in [3.8, 4) is 5.75 Å². The number of hydrogen-bond donors (Lipinski definition) is 2. The Morgan fingerprint density at radius 3 is 3.05 bits per heavy atom. The van der Waals surface area contributed by atoms with Crippen LogP contribution in [0.5, 0.6) is 5.75 Å². The van der Waals surface area contributed by atoms with Crippen LogP contribution in [0.3, 0.4) is 0 Å². The minimum absolute atomic E-state index is 0.175. The van der Waals surface area contributed by atoms with Gasteiger partial charge in [0.2, 0.25) is 0 Å². The quantitative estimate of drug-likeness (QED) is 0.880. The second-order valence-corrected chi connectivity index (χ2v) is 4.87. The summed E-state index contributed by atoms with van der Waals surface area (Å²) in [6.45, 7) is 1.82. The second kappa shape index (κ2) is 4.59. The molecule has 1 aromatic carbocycles. The fraction of sp³-hybridized carbons (Fsp3) is 0.357. The molecule has 0 amide bonds. The SMILES string of the molecule is Cn1cc(C(=O)O)c2cc(OC3CCNC3)ccc21. The van der Waals surface area contributed by atoms with Gasteiger partial charge < -0.3 is 19.7 Å². The maximum Gasteiger partial charge on any atom is 0.337 e. The van der Waals surface area contributed by atoms with Gasteiger partial charge in [-0.25, -0.2) is 4.79 Å². The lowest BCUT2D eigenvalue weighted by Crippen LogP contribution is -2.19. The number of fused-ring (bicyclic) bond motifs is 1. The summed E-state index contributed by atoms with van der Waals surface area (Å²) in [4.78, 5) is 11.2. The smallest absolute Gasteiger partial charge is 0.337 e. The van der Waals surface area contributed by atoms with E-state index in [1.165, 1.54) is 0 Å². The fourth-order valence-corrected chi connectivity index (χ4v) is 2.54. The van der Waals surface area contributed by atoms with Gasteiger partial charge in [0.25, 0.3) is 0 Å². The molecule has 1 aliphatic heterocycles. The third-order valence-electron chi connectivity index (χ3n) is 3.51. The van der Waals surface area contributed by atoms with Crippen molar-refractivity contribution in [3.05, 3.63) is 30.0 Å². The lowest BCUT2D eigenvalue weighted by molar-refractivity contribution is 0.0699. The van der Waals surface area contributed by atoms with Crippen LogP contribution in [0.4, 0.5) is 0 Å². The summed E-state index contributed by atoms with van der Waals surface area (Å²) in [6, 6.07) is 5.61. The number of carboxylic acid groups (broad SMARTS) is 1. The molecule has 1 aromatic heterocycles. The van der Waals surface area contributed by atoms with Gasteiger partial charge in [0, 0.05) is 30.7 Å². The van der Waals surface area contributed by atoms with Gasteiger partial charge in [-0.1, -0.05) is 0 Å². The van der Waals surface area contributed by atoms with Crippen LogP contribution in [0.1, 0.15) is 16.8 Å². The Kier molecular flexibility index (Phi) is 2.91. The topological polar surface area (TPSA) is 63.5 Å². The monoisotopic (exact) mass is 260 g/mol. The van der Waals surface area contributed by atoms with E-state index in [4.69, 9.17) is 4.74 Å². The lowest BCUT2D eigenvalue weighted by atomic mass is 10.1. The van der Waals surface area contributed by atoms with Crippen LogP contribution in [0.15, 0.2) is 24.4 Å². The maximum absolute atomic E-state index is 11.2. The average molecular weight is 260 g/mol. The summed E-state index contributed by atoms with van der Waals surface area (Å²) in [5.41, 5.74) is 1.21. The summed E-state index contributed by atoms with van der Waals surface area (Å²) in [7, 11) is 1.84. The maximum atomic E-state index is 11.2. The van der Waals surface area contributed by atoms with Crippen molar-refractivity contribution >= 4 is 16.9 Å². The Morgan fingerprint density at radius 1 is 1.53 bits per heavy atom. The third-order valence-corrected chi connectivity index (χ3v) is 3.51.